The number of ether oxygens (including phenoxy) is 2. The van der Waals surface area contributed by atoms with Crippen molar-refractivity contribution in [3.63, 3.8) is 0 Å². The van der Waals surface area contributed by atoms with Gasteiger partial charge in [-0.15, -0.1) is 0 Å². The lowest BCUT2D eigenvalue weighted by Gasteiger charge is -2.28. The van der Waals surface area contributed by atoms with E-state index in [4.69, 9.17) is 14.7 Å². The van der Waals surface area contributed by atoms with Crippen LogP contribution in [0.1, 0.15) is 12.0 Å². The number of methoxy groups -OCH3 is 1. The normalized spacial score (nSPS) is 16.6. The molecule has 0 saturated carbocycles. The zero-order valence-electron chi connectivity index (χ0n) is 11.8. The molecule has 1 aliphatic rings. The quantitative estimate of drug-likeness (QED) is 0.837. The van der Waals surface area contributed by atoms with Crippen molar-refractivity contribution in [1.82, 2.24) is 4.90 Å². The monoisotopic (exact) mass is 274 g/mol. The van der Waals surface area contributed by atoms with Gasteiger partial charge in [0.15, 0.2) is 0 Å². The van der Waals surface area contributed by atoms with Crippen LogP contribution in [0.5, 0.6) is 11.5 Å². The van der Waals surface area contributed by atoms with E-state index in [9.17, 15) is 4.79 Å². The van der Waals surface area contributed by atoms with Gasteiger partial charge in [0, 0.05) is 19.7 Å². The summed E-state index contributed by atoms with van der Waals surface area (Å²) in [4.78, 5) is 13.9. The third-order valence-corrected chi connectivity index (χ3v) is 3.47. The number of hydrogen-bond donors (Lipinski definition) is 0. The van der Waals surface area contributed by atoms with Gasteiger partial charge >= 0.3 is 0 Å². The van der Waals surface area contributed by atoms with Gasteiger partial charge in [-0.1, -0.05) is 6.07 Å². The number of hydrogen-bond acceptors (Lipinski definition) is 4. The number of rotatable bonds is 4. The van der Waals surface area contributed by atoms with Crippen LogP contribution in [-0.4, -0.2) is 38.1 Å². The Morgan fingerprint density at radius 2 is 2.40 bits per heavy atom. The highest BCUT2D eigenvalue weighted by atomic mass is 16.5. The molecule has 0 bridgehead atoms. The summed E-state index contributed by atoms with van der Waals surface area (Å²) in [7, 11) is 3.34. The maximum atomic E-state index is 12.2. The van der Waals surface area contributed by atoms with E-state index in [1.54, 1.807) is 19.1 Å². The second kappa shape index (κ2) is 6.29. The highest BCUT2D eigenvalue weighted by Gasteiger charge is 2.28. The molecule has 1 heterocycles. The first-order chi connectivity index (χ1) is 9.65. The van der Waals surface area contributed by atoms with Crippen LogP contribution in [0.2, 0.25) is 0 Å². The van der Waals surface area contributed by atoms with E-state index in [1.165, 1.54) is 0 Å². The van der Waals surface area contributed by atoms with Crippen LogP contribution in [0.4, 0.5) is 0 Å². The molecule has 0 aromatic heterocycles. The second-order valence-corrected chi connectivity index (χ2v) is 4.85. The Morgan fingerprint density at radius 3 is 3.10 bits per heavy atom. The lowest BCUT2D eigenvalue weighted by molar-refractivity contribution is -0.135. The molecule has 0 aliphatic carbocycles. The number of nitriles is 1. The standard InChI is InChI=1S/C15H18N2O3/c1-17(7-3-6-16)15(18)12-8-11-4-5-13(19-2)9-14(11)20-10-12/h4-5,9,12H,3,7-8,10H2,1-2H3. The van der Waals surface area contributed by atoms with Gasteiger partial charge in [0.2, 0.25) is 5.91 Å². The molecule has 5 heteroatoms. The van der Waals surface area contributed by atoms with Crippen molar-refractivity contribution >= 4 is 5.91 Å². The van der Waals surface area contributed by atoms with Crippen molar-refractivity contribution in [1.29, 1.82) is 5.26 Å². The lowest BCUT2D eigenvalue weighted by atomic mass is 9.95. The fourth-order valence-electron chi connectivity index (χ4n) is 2.28. The van der Waals surface area contributed by atoms with E-state index in [0.717, 1.165) is 17.1 Å². The second-order valence-electron chi connectivity index (χ2n) is 4.85. The summed E-state index contributed by atoms with van der Waals surface area (Å²) in [5.41, 5.74) is 1.02. The van der Waals surface area contributed by atoms with Crippen LogP contribution < -0.4 is 9.47 Å². The third-order valence-electron chi connectivity index (χ3n) is 3.47. The Hall–Kier alpha value is -2.22. The van der Waals surface area contributed by atoms with Gasteiger partial charge in [-0.3, -0.25) is 4.79 Å². The molecule has 0 saturated heterocycles. The predicted octanol–water partition coefficient (Wildman–Crippen LogP) is 1.62. The molecule has 1 unspecified atom stereocenters. The Labute approximate surface area is 118 Å². The fourth-order valence-corrected chi connectivity index (χ4v) is 2.28. The molecular formula is C15H18N2O3. The number of carbonyl (C=O) groups is 1. The van der Waals surface area contributed by atoms with Crippen molar-refractivity contribution in [3.8, 4) is 17.6 Å². The number of fused-ring (bicyclic) bond motifs is 1. The van der Waals surface area contributed by atoms with Crippen LogP contribution in [0.3, 0.4) is 0 Å². The number of carbonyl (C=O) groups excluding carboxylic acids is 1. The molecule has 20 heavy (non-hydrogen) atoms. The number of nitrogens with zero attached hydrogens (tertiary/aromatic N) is 2. The van der Waals surface area contributed by atoms with Crippen LogP contribution in [0, 0.1) is 17.2 Å². The zero-order valence-corrected chi connectivity index (χ0v) is 11.8. The predicted molar refractivity (Wildman–Crippen MR) is 73.6 cm³/mol. The summed E-state index contributed by atoms with van der Waals surface area (Å²) in [6.07, 6.45) is 1.01. The van der Waals surface area contributed by atoms with Crippen LogP contribution >= 0.6 is 0 Å². The molecule has 1 aliphatic heterocycles. The van der Waals surface area contributed by atoms with Gasteiger partial charge in [-0.05, 0) is 18.1 Å². The summed E-state index contributed by atoms with van der Waals surface area (Å²) in [5.74, 6) is 1.38. The van der Waals surface area contributed by atoms with Crippen LogP contribution in [0.15, 0.2) is 18.2 Å². The summed E-state index contributed by atoms with van der Waals surface area (Å²) < 4.78 is 10.8. The first kappa shape index (κ1) is 14.2. The molecule has 1 aromatic carbocycles. The Kier molecular flexibility index (Phi) is 4.46. The first-order valence-corrected chi connectivity index (χ1v) is 6.57. The molecule has 1 atom stereocenters. The van der Waals surface area contributed by atoms with E-state index >= 15 is 0 Å². The highest BCUT2D eigenvalue weighted by Crippen LogP contribution is 2.31. The number of amides is 1. The average molecular weight is 274 g/mol. The molecule has 5 nitrogen and oxygen atoms in total. The molecule has 1 aromatic rings. The van der Waals surface area contributed by atoms with Crippen molar-refractivity contribution in [2.75, 3.05) is 27.3 Å². The Morgan fingerprint density at radius 1 is 1.60 bits per heavy atom. The topological polar surface area (TPSA) is 62.6 Å². The van der Waals surface area contributed by atoms with E-state index in [-0.39, 0.29) is 11.8 Å². The van der Waals surface area contributed by atoms with E-state index in [1.807, 2.05) is 24.3 Å². The van der Waals surface area contributed by atoms with Crippen molar-refractivity contribution in [2.24, 2.45) is 5.92 Å². The van der Waals surface area contributed by atoms with Crippen molar-refractivity contribution in [3.05, 3.63) is 23.8 Å². The van der Waals surface area contributed by atoms with Gasteiger partial charge in [0.1, 0.15) is 18.1 Å². The summed E-state index contributed by atoms with van der Waals surface area (Å²) in [5, 5.41) is 8.56. The van der Waals surface area contributed by atoms with Crippen LogP contribution in [0.25, 0.3) is 0 Å². The molecule has 0 radical (unpaired) electrons. The zero-order chi connectivity index (χ0) is 14.5. The smallest absolute Gasteiger partial charge is 0.229 e. The maximum absolute atomic E-state index is 12.2. The van der Waals surface area contributed by atoms with Gasteiger partial charge in [0.05, 0.1) is 25.5 Å². The fraction of sp³-hybridized carbons (Fsp3) is 0.467. The minimum absolute atomic E-state index is 0.0294. The van der Waals surface area contributed by atoms with Gasteiger partial charge in [-0.2, -0.15) is 5.26 Å². The molecule has 1 amide bonds. The molecule has 106 valence electrons. The van der Waals surface area contributed by atoms with Crippen LogP contribution in [-0.2, 0) is 11.2 Å². The van der Waals surface area contributed by atoms with Gasteiger partial charge in [0.25, 0.3) is 0 Å². The highest BCUT2D eigenvalue weighted by molar-refractivity contribution is 5.79. The molecule has 0 spiro atoms. The molecular weight excluding hydrogens is 256 g/mol. The first-order valence-electron chi connectivity index (χ1n) is 6.57. The SMILES string of the molecule is COc1ccc2c(c1)OCC(C(=O)N(C)CCC#N)C2. The van der Waals surface area contributed by atoms with E-state index in [2.05, 4.69) is 0 Å². The van der Waals surface area contributed by atoms with Crippen molar-refractivity contribution < 1.29 is 14.3 Å². The third kappa shape index (κ3) is 3.02. The minimum atomic E-state index is -0.181. The maximum Gasteiger partial charge on any atom is 0.229 e. The van der Waals surface area contributed by atoms with Crippen molar-refractivity contribution in [2.45, 2.75) is 12.8 Å². The summed E-state index contributed by atoms with van der Waals surface area (Å²) in [6.45, 7) is 0.831. The minimum Gasteiger partial charge on any atom is -0.497 e. The molecule has 0 N–H and O–H groups in total. The van der Waals surface area contributed by atoms with Gasteiger partial charge < -0.3 is 14.4 Å². The molecule has 0 fully saturated rings. The lowest BCUT2D eigenvalue weighted by Crippen LogP contribution is -2.39. The number of benzene rings is 1. The van der Waals surface area contributed by atoms with Gasteiger partial charge in [-0.25, -0.2) is 0 Å². The van der Waals surface area contributed by atoms with E-state index in [0.29, 0.717) is 26.0 Å². The summed E-state index contributed by atoms with van der Waals surface area (Å²) in [6, 6.07) is 7.69. The van der Waals surface area contributed by atoms with E-state index < -0.39 is 0 Å². The molecule has 2 rings (SSSR count). The largest absolute Gasteiger partial charge is 0.497 e. The summed E-state index contributed by atoms with van der Waals surface area (Å²) >= 11 is 0. The Bertz CT molecular complexity index is 536. The average Bonchev–Trinajstić information content (AvgIpc) is 2.50. The Balaban J connectivity index is 2.04.